The number of carbonyl (C=O) groups excluding carboxylic acids is 1. The Balaban J connectivity index is 1.53. The van der Waals surface area contributed by atoms with Crippen LogP contribution in [-0.4, -0.2) is 30.3 Å². The number of aromatic nitrogens is 2. The van der Waals surface area contributed by atoms with Gasteiger partial charge in [0.2, 0.25) is 17.6 Å². The summed E-state index contributed by atoms with van der Waals surface area (Å²) in [5.74, 6) is 1.87. The molecule has 0 spiro atoms. The molecule has 0 unspecified atom stereocenters. The van der Waals surface area contributed by atoms with Crippen LogP contribution in [0.25, 0.3) is 11.4 Å². The van der Waals surface area contributed by atoms with Gasteiger partial charge in [-0.05, 0) is 35.7 Å². The highest BCUT2D eigenvalue weighted by atomic mass is 16.5. The monoisotopic (exact) mass is 457 g/mol. The van der Waals surface area contributed by atoms with E-state index >= 15 is 0 Å². The molecule has 4 rings (SSSR count). The maximum Gasteiger partial charge on any atom is 0.249 e. The van der Waals surface area contributed by atoms with Gasteiger partial charge in [0.15, 0.2) is 11.5 Å². The van der Waals surface area contributed by atoms with E-state index in [-0.39, 0.29) is 5.91 Å². The summed E-state index contributed by atoms with van der Waals surface area (Å²) in [6.07, 6.45) is 1.56. The first-order valence-electron chi connectivity index (χ1n) is 11.1. The van der Waals surface area contributed by atoms with Crippen LogP contribution in [0.4, 0.5) is 0 Å². The van der Waals surface area contributed by atoms with Gasteiger partial charge in [0, 0.05) is 18.4 Å². The molecule has 1 heterocycles. The lowest BCUT2D eigenvalue weighted by molar-refractivity contribution is -0.122. The first-order chi connectivity index (χ1) is 16.7. The molecule has 1 amide bonds. The average Bonchev–Trinajstić information content (AvgIpc) is 3.38. The van der Waals surface area contributed by atoms with Crippen molar-refractivity contribution in [2.45, 2.75) is 25.3 Å². The molecule has 3 aromatic carbocycles. The van der Waals surface area contributed by atoms with Gasteiger partial charge in [0.1, 0.15) is 6.04 Å². The van der Waals surface area contributed by atoms with Gasteiger partial charge in [-0.2, -0.15) is 4.98 Å². The molecule has 1 atom stereocenters. The Kier molecular flexibility index (Phi) is 7.55. The average molecular weight is 458 g/mol. The van der Waals surface area contributed by atoms with Crippen LogP contribution in [0.5, 0.6) is 11.5 Å². The number of nitrogens with zero attached hydrogens (tertiary/aromatic N) is 2. The second-order valence-corrected chi connectivity index (χ2v) is 7.82. The van der Waals surface area contributed by atoms with Crippen molar-refractivity contribution in [1.29, 1.82) is 0 Å². The summed E-state index contributed by atoms with van der Waals surface area (Å²) in [6, 6.07) is 24.8. The van der Waals surface area contributed by atoms with Crippen molar-refractivity contribution >= 4 is 5.91 Å². The number of rotatable bonds is 10. The van der Waals surface area contributed by atoms with Crippen molar-refractivity contribution in [3.63, 3.8) is 0 Å². The Hall–Kier alpha value is -4.13. The lowest BCUT2D eigenvalue weighted by atomic mass is 10.0. The highest BCUT2D eigenvalue weighted by molar-refractivity contribution is 5.76. The highest BCUT2D eigenvalue weighted by Crippen LogP contribution is 2.31. The molecule has 0 saturated carbocycles. The summed E-state index contributed by atoms with van der Waals surface area (Å²) in [6.45, 7) is 0. The SMILES string of the molecule is COc1ccc(-c2noc([C@H](Cc3ccccc3)NC(=O)CCc3ccccc3)n2)cc1OC. The van der Waals surface area contributed by atoms with Gasteiger partial charge >= 0.3 is 0 Å². The number of carbonyl (C=O) groups is 1. The second kappa shape index (κ2) is 11.1. The second-order valence-electron chi connectivity index (χ2n) is 7.82. The zero-order chi connectivity index (χ0) is 23.8. The van der Waals surface area contributed by atoms with Crippen molar-refractivity contribution in [3.05, 3.63) is 95.9 Å². The number of nitrogens with one attached hydrogen (secondary N) is 1. The Morgan fingerprint density at radius 3 is 2.26 bits per heavy atom. The number of benzene rings is 3. The molecule has 0 radical (unpaired) electrons. The lowest BCUT2D eigenvalue weighted by Gasteiger charge is -2.15. The van der Waals surface area contributed by atoms with E-state index in [2.05, 4.69) is 15.5 Å². The van der Waals surface area contributed by atoms with Crippen LogP contribution in [0.1, 0.15) is 29.5 Å². The van der Waals surface area contributed by atoms with Gasteiger partial charge < -0.3 is 19.3 Å². The molecule has 34 heavy (non-hydrogen) atoms. The molecule has 1 N–H and O–H groups in total. The van der Waals surface area contributed by atoms with Crippen LogP contribution in [0.2, 0.25) is 0 Å². The van der Waals surface area contributed by atoms with Crippen molar-refractivity contribution in [3.8, 4) is 22.9 Å². The van der Waals surface area contributed by atoms with E-state index in [1.807, 2.05) is 66.7 Å². The molecule has 0 fully saturated rings. The quantitative estimate of drug-likeness (QED) is 0.369. The van der Waals surface area contributed by atoms with Gasteiger partial charge in [0.05, 0.1) is 14.2 Å². The Morgan fingerprint density at radius 1 is 0.912 bits per heavy atom. The Morgan fingerprint density at radius 2 is 1.59 bits per heavy atom. The minimum absolute atomic E-state index is 0.0735. The molecule has 1 aromatic heterocycles. The first-order valence-corrected chi connectivity index (χ1v) is 11.1. The van der Waals surface area contributed by atoms with Crippen molar-refractivity contribution in [2.24, 2.45) is 0 Å². The van der Waals surface area contributed by atoms with Gasteiger partial charge in [-0.3, -0.25) is 4.79 Å². The molecular weight excluding hydrogens is 430 g/mol. The summed E-state index contributed by atoms with van der Waals surface area (Å²) >= 11 is 0. The fraction of sp³-hybridized carbons (Fsp3) is 0.222. The Bertz CT molecular complexity index is 1210. The van der Waals surface area contributed by atoms with Gasteiger partial charge in [-0.1, -0.05) is 65.8 Å². The molecular formula is C27H27N3O4. The zero-order valence-electron chi connectivity index (χ0n) is 19.2. The largest absolute Gasteiger partial charge is 0.493 e. The third kappa shape index (κ3) is 5.81. The molecule has 7 nitrogen and oxygen atoms in total. The zero-order valence-corrected chi connectivity index (χ0v) is 19.2. The van der Waals surface area contributed by atoms with E-state index < -0.39 is 6.04 Å². The molecule has 0 aliphatic rings. The Labute approximate surface area is 198 Å². The summed E-state index contributed by atoms with van der Waals surface area (Å²) in [5.41, 5.74) is 2.90. The summed E-state index contributed by atoms with van der Waals surface area (Å²) in [4.78, 5) is 17.4. The van der Waals surface area contributed by atoms with Gasteiger partial charge in [-0.25, -0.2) is 0 Å². The number of hydrogen-bond donors (Lipinski definition) is 1. The van der Waals surface area contributed by atoms with E-state index in [4.69, 9.17) is 14.0 Å². The van der Waals surface area contributed by atoms with Crippen molar-refractivity contribution in [1.82, 2.24) is 15.5 Å². The molecule has 0 aliphatic carbocycles. The number of ether oxygens (including phenoxy) is 2. The van der Waals surface area contributed by atoms with Crippen LogP contribution < -0.4 is 14.8 Å². The third-order valence-corrected chi connectivity index (χ3v) is 5.48. The lowest BCUT2D eigenvalue weighted by Crippen LogP contribution is -2.30. The summed E-state index contributed by atoms with van der Waals surface area (Å²) in [7, 11) is 3.16. The predicted octanol–water partition coefficient (Wildman–Crippen LogP) is 4.79. The minimum Gasteiger partial charge on any atom is -0.493 e. The molecule has 0 saturated heterocycles. The summed E-state index contributed by atoms with van der Waals surface area (Å²) in [5, 5.41) is 7.22. The molecule has 0 bridgehead atoms. The van der Waals surface area contributed by atoms with Crippen molar-refractivity contribution < 1.29 is 18.8 Å². The summed E-state index contributed by atoms with van der Waals surface area (Å²) < 4.78 is 16.3. The normalized spacial score (nSPS) is 11.6. The smallest absolute Gasteiger partial charge is 0.249 e. The van der Waals surface area contributed by atoms with Gasteiger partial charge in [-0.15, -0.1) is 0 Å². The maximum absolute atomic E-state index is 12.8. The molecule has 4 aromatic rings. The number of hydrogen-bond acceptors (Lipinski definition) is 6. The van der Waals surface area contributed by atoms with E-state index in [0.29, 0.717) is 42.5 Å². The van der Waals surface area contributed by atoms with Crippen LogP contribution in [0.3, 0.4) is 0 Å². The molecule has 0 aliphatic heterocycles. The topological polar surface area (TPSA) is 86.5 Å². The van der Waals surface area contributed by atoms with Crippen LogP contribution >= 0.6 is 0 Å². The number of aryl methyl sites for hydroxylation is 1. The first kappa shape index (κ1) is 23.0. The van der Waals surface area contributed by atoms with Crippen molar-refractivity contribution in [2.75, 3.05) is 14.2 Å². The van der Waals surface area contributed by atoms with Crippen LogP contribution in [0, 0.1) is 0 Å². The standard InChI is InChI=1S/C27H27N3O4/c1-32-23-15-14-21(18-24(23)33-2)26-29-27(34-30-26)22(17-20-11-7-4-8-12-20)28-25(31)16-13-19-9-5-3-6-10-19/h3-12,14-15,18,22H,13,16-17H2,1-2H3,(H,28,31)/t22-/m0/s1. The number of amides is 1. The van der Waals surface area contributed by atoms with E-state index in [0.717, 1.165) is 16.7 Å². The maximum atomic E-state index is 12.8. The van der Waals surface area contributed by atoms with E-state index in [1.54, 1.807) is 26.4 Å². The number of methoxy groups -OCH3 is 2. The van der Waals surface area contributed by atoms with Crippen LogP contribution in [0.15, 0.2) is 83.4 Å². The predicted molar refractivity (Wildman–Crippen MR) is 129 cm³/mol. The minimum atomic E-state index is -0.452. The van der Waals surface area contributed by atoms with Crippen LogP contribution in [-0.2, 0) is 17.6 Å². The third-order valence-electron chi connectivity index (χ3n) is 5.48. The van der Waals surface area contributed by atoms with Gasteiger partial charge in [0.25, 0.3) is 0 Å². The van der Waals surface area contributed by atoms with E-state index in [1.165, 1.54) is 0 Å². The molecule has 174 valence electrons. The highest BCUT2D eigenvalue weighted by Gasteiger charge is 2.23. The fourth-order valence-electron chi connectivity index (χ4n) is 3.69. The fourth-order valence-corrected chi connectivity index (χ4v) is 3.69. The molecule has 7 heteroatoms. The van der Waals surface area contributed by atoms with E-state index in [9.17, 15) is 4.79 Å².